The Kier molecular flexibility index (Phi) is 6.81. The predicted molar refractivity (Wildman–Crippen MR) is 95.5 cm³/mol. The number of nitrogens with one attached hydrogen (secondary N) is 1. The molecule has 134 valence electrons. The maximum atomic E-state index is 12.9. The predicted octanol–water partition coefficient (Wildman–Crippen LogP) is 3.91. The Balaban J connectivity index is 1.76. The first-order valence-electron chi connectivity index (χ1n) is 8.39. The maximum absolute atomic E-state index is 12.9. The maximum Gasteiger partial charge on any atom is 0.260 e. The van der Waals surface area contributed by atoms with E-state index >= 15 is 0 Å². The molecule has 1 N–H and O–H groups in total. The van der Waals surface area contributed by atoms with E-state index in [2.05, 4.69) is 19.2 Å². The van der Waals surface area contributed by atoms with Gasteiger partial charge in [-0.2, -0.15) is 0 Å². The van der Waals surface area contributed by atoms with Crippen LogP contribution in [0.5, 0.6) is 11.5 Å². The van der Waals surface area contributed by atoms with Crippen LogP contribution in [0.2, 0.25) is 0 Å². The van der Waals surface area contributed by atoms with E-state index in [1.807, 2.05) is 24.3 Å². The van der Waals surface area contributed by atoms with Crippen LogP contribution in [0.4, 0.5) is 4.39 Å². The lowest BCUT2D eigenvalue weighted by Gasteiger charge is -2.16. The topological polar surface area (TPSA) is 47.6 Å². The Morgan fingerprint density at radius 2 is 1.76 bits per heavy atom. The lowest BCUT2D eigenvalue weighted by molar-refractivity contribution is -0.127. The summed E-state index contributed by atoms with van der Waals surface area (Å²) in [5.74, 6) is 1.07. The van der Waals surface area contributed by atoms with Crippen LogP contribution in [0.1, 0.15) is 32.3 Å². The van der Waals surface area contributed by atoms with E-state index in [1.54, 1.807) is 6.92 Å². The molecule has 0 aromatic heterocycles. The fourth-order valence-electron chi connectivity index (χ4n) is 2.34. The molecule has 0 bridgehead atoms. The molecule has 1 unspecified atom stereocenters. The highest BCUT2D eigenvalue weighted by Gasteiger charge is 2.14. The minimum absolute atomic E-state index is 0.245. The van der Waals surface area contributed by atoms with E-state index < -0.39 is 6.10 Å². The van der Waals surface area contributed by atoms with Crippen molar-refractivity contribution in [1.29, 1.82) is 0 Å². The Hall–Kier alpha value is -2.56. The summed E-state index contributed by atoms with van der Waals surface area (Å²) in [6.07, 6.45) is -0.673. The summed E-state index contributed by atoms with van der Waals surface area (Å²) in [5.41, 5.74) is 1.14. The Morgan fingerprint density at radius 1 is 1.08 bits per heavy atom. The molecule has 25 heavy (non-hydrogen) atoms. The zero-order valence-electron chi connectivity index (χ0n) is 14.8. The summed E-state index contributed by atoms with van der Waals surface area (Å²) in [7, 11) is 0. The lowest BCUT2D eigenvalue weighted by Crippen LogP contribution is -2.38. The molecule has 0 aliphatic rings. The van der Waals surface area contributed by atoms with Gasteiger partial charge in [-0.15, -0.1) is 0 Å². The van der Waals surface area contributed by atoms with Gasteiger partial charge in [-0.3, -0.25) is 4.79 Å². The largest absolute Gasteiger partial charge is 0.491 e. The fourth-order valence-corrected chi connectivity index (χ4v) is 2.34. The number of benzene rings is 2. The van der Waals surface area contributed by atoms with Gasteiger partial charge in [0.2, 0.25) is 0 Å². The lowest BCUT2D eigenvalue weighted by atomic mass is 10.0. The minimum atomic E-state index is -0.673. The number of ether oxygens (including phenoxy) is 2. The van der Waals surface area contributed by atoms with E-state index in [4.69, 9.17) is 9.47 Å². The molecule has 2 aromatic rings. The summed E-state index contributed by atoms with van der Waals surface area (Å²) in [6.45, 7) is 6.62. The molecule has 5 heteroatoms. The van der Waals surface area contributed by atoms with E-state index in [1.165, 1.54) is 24.3 Å². The van der Waals surface area contributed by atoms with Crippen molar-refractivity contribution in [3.8, 4) is 11.5 Å². The summed E-state index contributed by atoms with van der Waals surface area (Å²) in [4.78, 5) is 12.0. The van der Waals surface area contributed by atoms with Gasteiger partial charge in [-0.25, -0.2) is 4.39 Å². The van der Waals surface area contributed by atoms with Crippen molar-refractivity contribution in [2.24, 2.45) is 0 Å². The molecule has 0 heterocycles. The Labute approximate surface area is 148 Å². The van der Waals surface area contributed by atoms with Crippen LogP contribution in [0, 0.1) is 5.82 Å². The molecule has 0 radical (unpaired) electrons. The van der Waals surface area contributed by atoms with Crippen LogP contribution in [0.3, 0.4) is 0 Å². The van der Waals surface area contributed by atoms with Gasteiger partial charge in [-0.05, 0) is 48.7 Å². The van der Waals surface area contributed by atoms with Gasteiger partial charge in [0.25, 0.3) is 5.91 Å². The average molecular weight is 345 g/mol. The molecule has 2 rings (SSSR count). The van der Waals surface area contributed by atoms with E-state index in [0.29, 0.717) is 24.8 Å². The molecular formula is C20H24FNO3. The highest BCUT2D eigenvalue weighted by atomic mass is 19.1. The van der Waals surface area contributed by atoms with Crippen LogP contribution in [0.15, 0.2) is 48.5 Å². The smallest absolute Gasteiger partial charge is 0.260 e. The molecular weight excluding hydrogens is 321 g/mol. The second-order valence-electron chi connectivity index (χ2n) is 6.05. The third-order valence-corrected chi connectivity index (χ3v) is 3.70. The highest BCUT2D eigenvalue weighted by molar-refractivity contribution is 5.80. The molecule has 0 aliphatic carbocycles. The zero-order valence-corrected chi connectivity index (χ0v) is 14.8. The van der Waals surface area contributed by atoms with Crippen molar-refractivity contribution in [2.45, 2.75) is 32.8 Å². The fraction of sp³-hybridized carbons (Fsp3) is 0.350. The van der Waals surface area contributed by atoms with Crippen molar-refractivity contribution < 1.29 is 18.7 Å². The van der Waals surface area contributed by atoms with Gasteiger partial charge < -0.3 is 14.8 Å². The summed E-state index contributed by atoms with van der Waals surface area (Å²) >= 11 is 0. The number of amides is 1. The number of rotatable bonds is 8. The molecule has 2 aromatic carbocycles. The van der Waals surface area contributed by atoms with Crippen molar-refractivity contribution >= 4 is 5.91 Å². The van der Waals surface area contributed by atoms with Crippen molar-refractivity contribution in [3.05, 3.63) is 59.9 Å². The van der Waals surface area contributed by atoms with E-state index in [0.717, 1.165) is 11.3 Å². The van der Waals surface area contributed by atoms with Gasteiger partial charge in [0.1, 0.15) is 23.9 Å². The minimum Gasteiger partial charge on any atom is -0.491 e. The SMILES string of the molecule is CC(Oc1ccc(F)cc1)C(=O)NCCOc1ccccc1C(C)C. The summed E-state index contributed by atoms with van der Waals surface area (Å²) in [6, 6.07) is 13.4. The summed E-state index contributed by atoms with van der Waals surface area (Å²) in [5, 5.41) is 2.77. The number of hydrogen-bond acceptors (Lipinski definition) is 3. The zero-order chi connectivity index (χ0) is 18.2. The standard InChI is InChI=1S/C20H24FNO3/c1-14(2)18-6-4-5-7-19(18)24-13-12-22-20(23)15(3)25-17-10-8-16(21)9-11-17/h4-11,14-15H,12-13H2,1-3H3,(H,22,23). The van der Waals surface area contributed by atoms with Crippen LogP contribution < -0.4 is 14.8 Å². The van der Waals surface area contributed by atoms with Gasteiger partial charge in [-0.1, -0.05) is 32.0 Å². The average Bonchev–Trinajstić information content (AvgIpc) is 2.60. The number of carbonyl (C=O) groups excluding carboxylic acids is 1. The quantitative estimate of drug-likeness (QED) is 0.738. The second-order valence-corrected chi connectivity index (χ2v) is 6.05. The summed E-state index contributed by atoms with van der Waals surface area (Å²) < 4.78 is 24.1. The van der Waals surface area contributed by atoms with Crippen molar-refractivity contribution in [1.82, 2.24) is 5.32 Å². The van der Waals surface area contributed by atoms with Gasteiger partial charge in [0, 0.05) is 0 Å². The van der Waals surface area contributed by atoms with Gasteiger partial charge in [0.15, 0.2) is 6.10 Å². The first-order valence-corrected chi connectivity index (χ1v) is 8.39. The molecule has 1 atom stereocenters. The van der Waals surface area contributed by atoms with Crippen LogP contribution in [-0.4, -0.2) is 25.2 Å². The first-order chi connectivity index (χ1) is 12.0. The van der Waals surface area contributed by atoms with E-state index in [9.17, 15) is 9.18 Å². The van der Waals surface area contributed by atoms with Crippen LogP contribution in [-0.2, 0) is 4.79 Å². The van der Waals surface area contributed by atoms with Crippen molar-refractivity contribution in [2.75, 3.05) is 13.2 Å². The number of para-hydroxylation sites is 1. The normalized spacial score (nSPS) is 11.9. The number of hydrogen-bond donors (Lipinski definition) is 1. The van der Waals surface area contributed by atoms with Crippen molar-refractivity contribution in [3.63, 3.8) is 0 Å². The third-order valence-electron chi connectivity index (χ3n) is 3.70. The Morgan fingerprint density at radius 3 is 2.44 bits per heavy atom. The number of halogens is 1. The first kappa shape index (κ1) is 18.8. The molecule has 1 amide bonds. The Bertz CT molecular complexity index is 686. The highest BCUT2D eigenvalue weighted by Crippen LogP contribution is 2.25. The molecule has 0 saturated heterocycles. The van der Waals surface area contributed by atoms with Gasteiger partial charge >= 0.3 is 0 Å². The van der Waals surface area contributed by atoms with E-state index in [-0.39, 0.29) is 11.7 Å². The van der Waals surface area contributed by atoms with Crippen LogP contribution in [0.25, 0.3) is 0 Å². The molecule has 0 saturated carbocycles. The monoisotopic (exact) mass is 345 g/mol. The van der Waals surface area contributed by atoms with Crippen LogP contribution >= 0.6 is 0 Å². The molecule has 0 aliphatic heterocycles. The molecule has 4 nitrogen and oxygen atoms in total. The number of carbonyl (C=O) groups is 1. The molecule has 0 fully saturated rings. The van der Waals surface area contributed by atoms with Gasteiger partial charge in [0.05, 0.1) is 6.54 Å². The second kappa shape index (κ2) is 9.06. The molecule has 0 spiro atoms. The third kappa shape index (κ3) is 5.78.